The lowest BCUT2D eigenvalue weighted by Crippen LogP contribution is -2.15. The number of phenolic OH excluding ortho intramolecular Hbond substituents is 1. The Morgan fingerprint density at radius 2 is 1.94 bits per heavy atom. The molecule has 0 radical (unpaired) electrons. The monoisotopic (exact) mass is 238 g/mol. The molecule has 0 spiro atoms. The van der Waals surface area contributed by atoms with Crippen LogP contribution in [-0.2, 0) is 25.5 Å². The topological polar surface area (TPSA) is 72.8 Å². The Morgan fingerprint density at radius 1 is 1.24 bits per heavy atom. The van der Waals surface area contributed by atoms with Crippen molar-refractivity contribution in [2.24, 2.45) is 0 Å². The molecule has 92 valence electrons. The van der Waals surface area contributed by atoms with Crippen molar-refractivity contribution in [3.05, 3.63) is 29.8 Å². The number of rotatable bonds is 5. The first-order valence-electron chi connectivity index (χ1n) is 5.13. The minimum Gasteiger partial charge on any atom is -0.508 e. The van der Waals surface area contributed by atoms with Crippen LogP contribution in [0.1, 0.15) is 12.0 Å². The van der Waals surface area contributed by atoms with Crippen molar-refractivity contribution in [3.63, 3.8) is 0 Å². The molecular formula is C12H14O5. The number of para-hydroxylation sites is 1. The third-order valence-electron chi connectivity index (χ3n) is 2.17. The fraction of sp³-hybridized carbons (Fsp3) is 0.333. The van der Waals surface area contributed by atoms with Gasteiger partial charge in [-0.1, -0.05) is 18.2 Å². The van der Waals surface area contributed by atoms with Gasteiger partial charge in [0.1, 0.15) is 5.75 Å². The lowest BCUT2D eigenvalue weighted by atomic mass is 10.1. The Bertz CT molecular complexity index is 400. The van der Waals surface area contributed by atoms with Crippen molar-refractivity contribution >= 4 is 11.9 Å². The molecule has 5 heteroatoms. The van der Waals surface area contributed by atoms with E-state index in [1.165, 1.54) is 7.11 Å². The number of hydrogen-bond acceptors (Lipinski definition) is 5. The molecule has 0 aliphatic carbocycles. The second-order valence-electron chi connectivity index (χ2n) is 3.37. The largest absolute Gasteiger partial charge is 0.508 e. The SMILES string of the molecule is COC(=O)COC(=O)CCc1ccccc1O. The minimum absolute atomic E-state index is 0.106. The van der Waals surface area contributed by atoms with Crippen LogP contribution in [0.4, 0.5) is 0 Å². The van der Waals surface area contributed by atoms with Crippen LogP contribution in [0.2, 0.25) is 0 Å². The van der Waals surface area contributed by atoms with Gasteiger partial charge in [-0.15, -0.1) is 0 Å². The predicted molar refractivity (Wildman–Crippen MR) is 59.4 cm³/mol. The maximum absolute atomic E-state index is 11.2. The van der Waals surface area contributed by atoms with Crippen molar-refractivity contribution in [1.82, 2.24) is 0 Å². The first-order chi connectivity index (χ1) is 8.13. The molecule has 0 unspecified atom stereocenters. The van der Waals surface area contributed by atoms with Crippen LogP contribution in [-0.4, -0.2) is 30.8 Å². The maximum atomic E-state index is 11.2. The van der Waals surface area contributed by atoms with E-state index in [4.69, 9.17) is 0 Å². The second kappa shape index (κ2) is 6.52. The molecular weight excluding hydrogens is 224 g/mol. The highest BCUT2D eigenvalue weighted by molar-refractivity contribution is 5.76. The quantitative estimate of drug-likeness (QED) is 0.776. The number of hydrogen-bond donors (Lipinski definition) is 1. The van der Waals surface area contributed by atoms with Gasteiger partial charge in [-0.05, 0) is 18.1 Å². The molecule has 1 aromatic rings. The molecule has 1 aromatic carbocycles. The lowest BCUT2D eigenvalue weighted by Gasteiger charge is -2.04. The van der Waals surface area contributed by atoms with Gasteiger partial charge in [-0.3, -0.25) is 4.79 Å². The number of ether oxygens (including phenoxy) is 2. The molecule has 17 heavy (non-hydrogen) atoms. The highest BCUT2D eigenvalue weighted by Crippen LogP contribution is 2.17. The number of benzene rings is 1. The Hall–Kier alpha value is -2.04. The van der Waals surface area contributed by atoms with Crippen molar-refractivity contribution in [2.75, 3.05) is 13.7 Å². The molecule has 1 rings (SSSR count). The van der Waals surface area contributed by atoms with Crippen molar-refractivity contribution < 1.29 is 24.2 Å². The average Bonchev–Trinajstić information content (AvgIpc) is 2.35. The van der Waals surface area contributed by atoms with Gasteiger partial charge in [0.2, 0.25) is 0 Å². The molecule has 0 fully saturated rings. The number of phenols is 1. The van der Waals surface area contributed by atoms with Crippen LogP contribution >= 0.6 is 0 Å². The van der Waals surface area contributed by atoms with Gasteiger partial charge in [0.25, 0.3) is 0 Å². The fourth-order valence-electron chi connectivity index (χ4n) is 1.23. The summed E-state index contributed by atoms with van der Waals surface area (Å²) in [6, 6.07) is 6.75. The Labute approximate surface area is 99.0 Å². The number of esters is 2. The van der Waals surface area contributed by atoms with Gasteiger partial charge < -0.3 is 14.6 Å². The van der Waals surface area contributed by atoms with Gasteiger partial charge in [-0.25, -0.2) is 4.79 Å². The summed E-state index contributed by atoms with van der Waals surface area (Å²) >= 11 is 0. The second-order valence-corrected chi connectivity index (χ2v) is 3.37. The Balaban J connectivity index is 2.34. The van der Waals surface area contributed by atoms with E-state index in [1.54, 1.807) is 24.3 Å². The van der Waals surface area contributed by atoms with E-state index in [-0.39, 0.29) is 18.8 Å². The summed E-state index contributed by atoms with van der Waals surface area (Å²) in [7, 11) is 1.22. The third-order valence-corrected chi connectivity index (χ3v) is 2.17. The number of carbonyl (C=O) groups is 2. The molecule has 0 saturated heterocycles. The third kappa shape index (κ3) is 4.55. The summed E-state index contributed by atoms with van der Waals surface area (Å²) in [6.07, 6.45) is 0.473. The van der Waals surface area contributed by atoms with Gasteiger partial charge in [0, 0.05) is 6.42 Å². The zero-order valence-electron chi connectivity index (χ0n) is 9.51. The van der Waals surface area contributed by atoms with Crippen LogP contribution < -0.4 is 0 Å². The van der Waals surface area contributed by atoms with E-state index >= 15 is 0 Å². The van der Waals surface area contributed by atoms with Gasteiger partial charge >= 0.3 is 11.9 Å². The van der Waals surface area contributed by atoms with Crippen LogP contribution in [0.25, 0.3) is 0 Å². The molecule has 0 amide bonds. The summed E-state index contributed by atoms with van der Waals surface area (Å²) < 4.78 is 8.99. The molecule has 1 N–H and O–H groups in total. The first-order valence-corrected chi connectivity index (χ1v) is 5.13. The number of carbonyl (C=O) groups excluding carboxylic acids is 2. The number of aromatic hydroxyl groups is 1. The Kier molecular flexibility index (Phi) is 5.00. The van der Waals surface area contributed by atoms with Gasteiger partial charge in [-0.2, -0.15) is 0 Å². The van der Waals surface area contributed by atoms with E-state index in [0.29, 0.717) is 12.0 Å². The van der Waals surface area contributed by atoms with E-state index in [9.17, 15) is 14.7 Å². The molecule has 0 saturated carbocycles. The number of aryl methyl sites for hydroxylation is 1. The van der Waals surface area contributed by atoms with Gasteiger partial charge in [0.05, 0.1) is 7.11 Å². The van der Waals surface area contributed by atoms with Crippen molar-refractivity contribution in [2.45, 2.75) is 12.8 Å². The molecule has 0 aromatic heterocycles. The highest BCUT2D eigenvalue weighted by Gasteiger charge is 2.08. The molecule has 0 aliphatic rings. The van der Waals surface area contributed by atoms with E-state index in [0.717, 1.165) is 0 Å². The number of methoxy groups -OCH3 is 1. The first kappa shape index (κ1) is 13.0. The summed E-state index contributed by atoms with van der Waals surface area (Å²) in [5.74, 6) is -0.951. The summed E-state index contributed by atoms with van der Waals surface area (Å²) in [5, 5.41) is 9.45. The standard InChI is InChI=1S/C12H14O5/c1-16-12(15)8-17-11(14)7-6-9-4-2-3-5-10(9)13/h2-5,13H,6-8H2,1H3. The maximum Gasteiger partial charge on any atom is 0.344 e. The smallest absolute Gasteiger partial charge is 0.344 e. The van der Waals surface area contributed by atoms with Crippen LogP contribution in [0, 0.1) is 0 Å². The Morgan fingerprint density at radius 3 is 2.59 bits per heavy atom. The van der Waals surface area contributed by atoms with Crippen LogP contribution in [0.15, 0.2) is 24.3 Å². The molecule has 0 aliphatic heterocycles. The zero-order valence-corrected chi connectivity index (χ0v) is 9.51. The molecule has 0 atom stereocenters. The molecule has 0 bridgehead atoms. The normalized spacial score (nSPS) is 9.71. The zero-order chi connectivity index (χ0) is 12.7. The van der Waals surface area contributed by atoms with E-state index < -0.39 is 11.9 Å². The van der Waals surface area contributed by atoms with Crippen molar-refractivity contribution in [1.29, 1.82) is 0 Å². The summed E-state index contributed by atoms with van der Waals surface area (Å²) in [5.41, 5.74) is 0.669. The predicted octanol–water partition coefficient (Wildman–Crippen LogP) is 1.04. The minimum atomic E-state index is -0.596. The lowest BCUT2D eigenvalue weighted by molar-refractivity contribution is -0.156. The highest BCUT2D eigenvalue weighted by atomic mass is 16.6. The van der Waals surface area contributed by atoms with Crippen molar-refractivity contribution in [3.8, 4) is 5.75 Å². The van der Waals surface area contributed by atoms with E-state index in [1.807, 2.05) is 0 Å². The van der Waals surface area contributed by atoms with Gasteiger partial charge in [0.15, 0.2) is 6.61 Å². The molecule has 5 nitrogen and oxygen atoms in total. The fourth-order valence-corrected chi connectivity index (χ4v) is 1.23. The van der Waals surface area contributed by atoms with Crippen LogP contribution in [0.5, 0.6) is 5.75 Å². The summed E-state index contributed by atoms with van der Waals surface area (Å²) in [6.45, 7) is -0.379. The van der Waals surface area contributed by atoms with E-state index in [2.05, 4.69) is 9.47 Å². The average molecular weight is 238 g/mol. The summed E-state index contributed by atoms with van der Waals surface area (Å²) in [4.78, 5) is 21.9. The van der Waals surface area contributed by atoms with Crippen LogP contribution in [0.3, 0.4) is 0 Å². The molecule has 0 heterocycles.